The number of hydrogen-bond acceptors (Lipinski definition) is 3. The minimum Gasteiger partial charge on any atom is -0.480 e. The average molecular weight is 345 g/mol. The summed E-state index contributed by atoms with van der Waals surface area (Å²) in [7, 11) is 0. The number of carboxylic acid groups (broad SMARTS) is 1. The fourth-order valence-corrected chi connectivity index (χ4v) is 2.62. The maximum atomic E-state index is 12.0. The summed E-state index contributed by atoms with van der Waals surface area (Å²) in [5, 5.41) is 12.1. The summed E-state index contributed by atoms with van der Waals surface area (Å²) >= 11 is 11.6. The van der Waals surface area contributed by atoms with E-state index in [1.807, 2.05) is 0 Å². The van der Waals surface area contributed by atoms with E-state index in [1.165, 1.54) is 23.1 Å². The Labute approximate surface area is 137 Å². The van der Waals surface area contributed by atoms with Gasteiger partial charge in [0.2, 0.25) is 5.91 Å². The molecule has 0 aliphatic carbocycles. The first kappa shape index (κ1) is 16.6. The van der Waals surface area contributed by atoms with Crippen LogP contribution in [-0.2, 0) is 9.59 Å². The van der Waals surface area contributed by atoms with Crippen LogP contribution >= 0.6 is 23.2 Å². The van der Waals surface area contributed by atoms with Crippen LogP contribution in [-0.4, -0.2) is 46.9 Å². The molecular formula is C14H14Cl2N2O4. The second-order valence-corrected chi connectivity index (χ2v) is 5.71. The molecule has 0 saturated carbocycles. The van der Waals surface area contributed by atoms with Crippen LogP contribution in [0.25, 0.3) is 0 Å². The Morgan fingerprint density at radius 1 is 1.27 bits per heavy atom. The molecular weight excluding hydrogens is 331 g/mol. The van der Waals surface area contributed by atoms with Crippen molar-refractivity contribution in [2.45, 2.75) is 18.9 Å². The molecule has 1 saturated heterocycles. The third-order valence-corrected chi connectivity index (χ3v) is 4.18. The van der Waals surface area contributed by atoms with Crippen molar-refractivity contribution in [1.82, 2.24) is 10.2 Å². The number of carboxylic acids is 1. The summed E-state index contributed by atoms with van der Waals surface area (Å²) in [6.07, 6.45) is 1.07. The van der Waals surface area contributed by atoms with E-state index >= 15 is 0 Å². The highest BCUT2D eigenvalue weighted by molar-refractivity contribution is 6.42. The summed E-state index contributed by atoms with van der Waals surface area (Å²) < 4.78 is 0. The van der Waals surface area contributed by atoms with Crippen molar-refractivity contribution in [3.63, 3.8) is 0 Å². The van der Waals surface area contributed by atoms with Gasteiger partial charge in [0.1, 0.15) is 6.04 Å². The van der Waals surface area contributed by atoms with Crippen LogP contribution < -0.4 is 5.32 Å². The fraction of sp³-hybridized carbons (Fsp3) is 0.357. The number of hydrogen-bond donors (Lipinski definition) is 2. The SMILES string of the molecule is O=C(NCC(=O)N1CCC[C@H]1C(=O)O)c1ccc(Cl)c(Cl)c1. The minimum absolute atomic E-state index is 0.242. The number of aliphatic carboxylic acids is 1. The van der Waals surface area contributed by atoms with Crippen molar-refractivity contribution >= 4 is 41.0 Å². The van der Waals surface area contributed by atoms with Gasteiger partial charge in [-0.05, 0) is 31.0 Å². The molecule has 2 N–H and O–H groups in total. The molecule has 1 aliphatic heterocycles. The fourth-order valence-electron chi connectivity index (χ4n) is 2.32. The van der Waals surface area contributed by atoms with E-state index < -0.39 is 23.8 Å². The van der Waals surface area contributed by atoms with Gasteiger partial charge in [0, 0.05) is 12.1 Å². The summed E-state index contributed by atoms with van der Waals surface area (Å²) in [4.78, 5) is 36.3. The molecule has 6 nitrogen and oxygen atoms in total. The molecule has 0 radical (unpaired) electrons. The Kier molecular flexibility index (Phi) is 5.26. The van der Waals surface area contributed by atoms with Gasteiger partial charge in [0.15, 0.2) is 0 Å². The van der Waals surface area contributed by atoms with Crippen molar-refractivity contribution in [1.29, 1.82) is 0 Å². The van der Waals surface area contributed by atoms with Gasteiger partial charge in [-0.25, -0.2) is 4.79 Å². The van der Waals surface area contributed by atoms with E-state index in [-0.39, 0.29) is 17.1 Å². The number of nitrogens with zero attached hydrogens (tertiary/aromatic N) is 1. The number of amides is 2. The molecule has 2 rings (SSSR count). The van der Waals surface area contributed by atoms with Gasteiger partial charge in [-0.3, -0.25) is 9.59 Å². The molecule has 0 aromatic heterocycles. The Morgan fingerprint density at radius 3 is 2.64 bits per heavy atom. The number of halogens is 2. The Bertz CT molecular complexity index is 621. The van der Waals surface area contributed by atoms with E-state index in [1.54, 1.807) is 0 Å². The Morgan fingerprint density at radius 2 is 2.00 bits per heavy atom. The second kappa shape index (κ2) is 6.98. The van der Waals surface area contributed by atoms with Crippen LogP contribution in [0.3, 0.4) is 0 Å². The van der Waals surface area contributed by atoms with Crippen LogP contribution in [0.15, 0.2) is 18.2 Å². The molecule has 0 bridgehead atoms. The molecule has 1 fully saturated rings. The lowest BCUT2D eigenvalue weighted by Gasteiger charge is -2.21. The van der Waals surface area contributed by atoms with E-state index in [0.29, 0.717) is 24.4 Å². The highest BCUT2D eigenvalue weighted by Crippen LogP contribution is 2.22. The summed E-state index contributed by atoms with van der Waals surface area (Å²) in [5.74, 6) is -1.92. The first-order valence-corrected chi connectivity index (χ1v) is 7.41. The first-order valence-electron chi connectivity index (χ1n) is 6.65. The van der Waals surface area contributed by atoms with E-state index in [4.69, 9.17) is 28.3 Å². The summed E-state index contributed by atoms with van der Waals surface area (Å²) in [6.45, 7) is 0.126. The van der Waals surface area contributed by atoms with E-state index in [9.17, 15) is 14.4 Å². The van der Waals surface area contributed by atoms with Gasteiger partial charge in [0.25, 0.3) is 5.91 Å². The molecule has 1 aromatic carbocycles. The van der Waals surface area contributed by atoms with Gasteiger partial charge in [-0.1, -0.05) is 23.2 Å². The molecule has 1 atom stereocenters. The number of nitrogens with one attached hydrogen (secondary N) is 1. The normalized spacial score (nSPS) is 17.4. The maximum Gasteiger partial charge on any atom is 0.326 e. The molecule has 0 spiro atoms. The third kappa shape index (κ3) is 3.69. The zero-order chi connectivity index (χ0) is 16.3. The molecule has 2 amide bonds. The van der Waals surface area contributed by atoms with E-state index in [2.05, 4.69) is 5.32 Å². The van der Waals surface area contributed by atoms with Gasteiger partial charge >= 0.3 is 5.97 Å². The summed E-state index contributed by atoms with van der Waals surface area (Å²) in [6, 6.07) is 3.57. The molecule has 0 unspecified atom stereocenters. The lowest BCUT2D eigenvalue weighted by atomic mass is 10.2. The molecule has 1 heterocycles. The van der Waals surface area contributed by atoms with Gasteiger partial charge in [-0.15, -0.1) is 0 Å². The van der Waals surface area contributed by atoms with Crippen LogP contribution in [0.5, 0.6) is 0 Å². The first-order chi connectivity index (χ1) is 10.4. The third-order valence-electron chi connectivity index (χ3n) is 3.44. The van der Waals surface area contributed by atoms with Crippen molar-refractivity contribution in [3.8, 4) is 0 Å². The monoisotopic (exact) mass is 344 g/mol. The molecule has 22 heavy (non-hydrogen) atoms. The lowest BCUT2D eigenvalue weighted by molar-refractivity contribution is -0.147. The average Bonchev–Trinajstić information content (AvgIpc) is 2.97. The molecule has 1 aliphatic rings. The zero-order valence-corrected chi connectivity index (χ0v) is 13.0. The standard InChI is InChI=1S/C14H14Cl2N2O4/c15-9-4-3-8(6-10(9)16)13(20)17-7-12(19)18-5-1-2-11(18)14(21)22/h3-4,6,11H,1-2,5,7H2,(H,17,20)(H,21,22)/t11-/m0/s1. The number of carbonyl (C=O) groups excluding carboxylic acids is 2. The smallest absolute Gasteiger partial charge is 0.326 e. The highest BCUT2D eigenvalue weighted by Gasteiger charge is 2.33. The highest BCUT2D eigenvalue weighted by atomic mass is 35.5. The van der Waals surface area contributed by atoms with Crippen molar-refractivity contribution < 1.29 is 19.5 Å². The van der Waals surface area contributed by atoms with Crippen molar-refractivity contribution in [2.24, 2.45) is 0 Å². The lowest BCUT2D eigenvalue weighted by Crippen LogP contribution is -2.45. The van der Waals surface area contributed by atoms with Crippen LogP contribution in [0.4, 0.5) is 0 Å². The predicted octanol–water partition coefficient (Wildman–Crippen LogP) is 1.80. The number of rotatable bonds is 4. The van der Waals surface area contributed by atoms with Crippen LogP contribution in [0.2, 0.25) is 10.0 Å². The number of likely N-dealkylation sites (tertiary alicyclic amines) is 1. The van der Waals surface area contributed by atoms with Crippen LogP contribution in [0, 0.1) is 0 Å². The second-order valence-electron chi connectivity index (χ2n) is 4.89. The van der Waals surface area contributed by atoms with Gasteiger partial charge in [-0.2, -0.15) is 0 Å². The molecule has 118 valence electrons. The number of benzene rings is 1. The van der Waals surface area contributed by atoms with Crippen molar-refractivity contribution in [3.05, 3.63) is 33.8 Å². The van der Waals surface area contributed by atoms with Gasteiger partial charge in [0.05, 0.1) is 16.6 Å². The minimum atomic E-state index is -1.03. The summed E-state index contributed by atoms with van der Waals surface area (Å²) in [5.41, 5.74) is 0.276. The predicted molar refractivity (Wildman–Crippen MR) is 81.2 cm³/mol. The topological polar surface area (TPSA) is 86.7 Å². The molecule has 1 aromatic rings. The van der Waals surface area contributed by atoms with Crippen molar-refractivity contribution in [2.75, 3.05) is 13.1 Å². The maximum absolute atomic E-state index is 12.0. The largest absolute Gasteiger partial charge is 0.480 e. The number of carbonyl (C=O) groups is 3. The van der Waals surface area contributed by atoms with E-state index in [0.717, 1.165) is 0 Å². The van der Waals surface area contributed by atoms with Gasteiger partial charge < -0.3 is 15.3 Å². The molecule has 8 heteroatoms. The Hall–Kier alpha value is -1.79. The quantitative estimate of drug-likeness (QED) is 0.871. The zero-order valence-electron chi connectivity index (χ0n) is 11.5. The Balaban J connectivity index is 1.94. The van der Waals surface area contributed by atoms with Crippen LogP contribution in [0.1, 0.15) is 23.2 Å².